The summed E-state index contributed by atoms with van der Waals surface area (Å²) in [6, 6.07) is 0.413. The molecule has 0 aromatic carbocycles. The minimum atomic E-state index is 0.0421. The van der Waals surface area contributed by atoms with Gasteiger partial charge in [-0.15, -0.1) is 0 Å². The first-order valence-corrected chi connectivity index (χ1v) is 7.00. The monoisotopic (exact) mass is 265 g/mol. The Morgan fingerprint density at radius 2 is 2.11 bits per heavy atom. The number of carbonyl (C=O) groups is 1. The van der Waals surface area contributed by atoms with Crippen molar-refractivity contribution in [1.29, 1.82) is 0 Å². The molecule has 0 radical (unpaired) electrons. The highest BCUT2D eigenvalue weighted by Gasteiger charge is 2.19. The molecule has 5 heteroatoms. The van der Waals surface area contributed by atoms with E-state index in [9.17, 15) is 4.79 Å². The van der Waals surface area contributed by atoms with Crippen molar-refractivity contribution in [3.63, 3.8) is 0 Å². The normalized spacial score (nSPS) is 17.6. The molecule has 1 saturated heterocycles. The third-order valence-electron chi connectivity index (χ3n) is 3.88. The van der Waals surface area contributed by atoms with Gasteiger partial charge in [-0.2, -0.15) is 0 Å². The van der Waals surface area contributed by atoms with Crippen molar-refractivity contribution in [2.24, 2.45) is 0 Å². The molecule has 1 unspecified atom stereocenters. The number of aryl methyl sites for hydroxylation is 2. The van der Waals surface area contributed by atoms with Crippen LogP contribution in [0.4, 0.5) is 0 Å². The van der Waals surface area contributed by atoms with Gasteiger partial charge >= 0.3 is 0 Å². The molecular formula is C14H23N3O2. The van der Waals surface area contributed by atoms with E-state index in [0.717, 1.165) is 30.1 Å². The number of carbonyl (C=O) groups excluding carboxylic acids is 1. The zero-order chi connectivity index (χ0) is 13.8. The number of amides is 1. The Balaban J connectivity index is 1.78. The molecule has 106 valence electrons. The van der Waals surface area contributed by atoms with Crippen LogP contribution in [0.5, 0.6) is 0 Å². The molecule has 0 aliphatic carbocycles. The number of aromatic nitrogens is 1. The Labute approximate surface area is 114 Å². The molecule has 1 amide bonds. The Morgan fingerprint density at radius 3 is 2.68 bits per heavy atom. The van der Waals surface area contributed by atoms with Gasteiger partial charge in [-0.25, -0.2) is 0 Å². The Kier molecular flexibility index (Phi) is 4.58. The molecule has 1 N–H and O–H groups in total. The molecule has 1 aliphatic rings. The maximum Gasteiger partial charge on any atom is 0.224 e. The fourth-order valence-corrected chi connectivity index (χ4v) is 2.55. The maximum atomic E-state index is 11.9. The first-order chi connectivity index (χ1) is 9.08. The molecule has 0 spiro atoms. The second kappa shape index (κ2) is 6.19. The summed E-state index contributed by atoms with van der Waals surface area (Å²) < 4.78 is 5.06. The second-order valence-electron chi connectivity index (χ2n) is 5.38. The van der Waals surface area contributed by atoms with Crippen LogP contribution < -0.4 is 5.32 Å². The number of likely N-dealkylation sites (tertiary alicyclic amines) is 1. The Morgan fingerprint density at radius 1 is 1.42 bits per heavy atom. The van der Waals surface area contributed by atoms with Gasteiger partial charge in [-0.05, 0) is 46.7 Å². The molecular weight excluding hydrogens is 242 g/mol. The van der Waals surface area contributed by atoms with E-state index in [1.165, 1.54) is 12.8 Å². The molecule has 1 fully saturated rings. The van der Waals surface area contributed by atoms with E-state index in [4.69, 9.17) is 4.52 Å². The van der Waals surface area contributed by atoms with Gasteiger partial charge in [0.2, 0.25) is 5.91 Å². The van der Waals surface area contributed by atoms with Crippen LogP contribution in [0, 0.1) is 13.8 Å². The summed E-state index contributed by atoms with van der Waals surface area (Å²) in [5.74, 6) is 0.778. The molecule has 2 rings (SSSR count). The average molecular weight is 265 g/mol. The van der Waals surface area contributed by atoms with Gasteiger partial charge in [-0.1, -0.05) is 5.16 Å². The summed E-state index contributed by atoms with van der Waals surface area (Å²) >= 11 is 0. The maximum absolute atomic E-state index is 11.9. The summed E-state index contributed by atoms with van der Waals surface area (Å²) in [5.41, 5.74) is 1.71. The largest absolute Gasteiger partial charge is 0.361 e. The van der Waals surface area contributed by atoms with E-state index >= 15 is 0 Å². The van der Waals surface area contributed by atoms with Gasteiger partial charge in [0.1, 0.15) is 5.76 Å². The van der Waals surface area contributed by atoms with Crippen molar-refractivity contribution in [2.45, 2.75) is 46.1 Å². The Bertz CT molecular complexity index is 416. The van der Waals surface area contributed by atoms with Crippen molar-refractivity contribution in [1.82, 2.24) is 15.4 Å². The van der Waals surface area contributed by atoms with Gasteiger partial charge in [0.25, 0.3) is 0 Å². The van der Waals surface area contributed by atoms with E-state index in [2.05, 4.69) is 22.3 Å². The van der Waals surface area contributed by atoms with E-state index in [1.807, 2.05) is 13.8 Å². The highest BCUT2D eigenvalue weighted by Crippen LogP contribution is 2.13. The smallest absolute Gasteiger partial charge is 0.224 e. The molecule has 2 heterocycles. The highest BCUT2D eigenvalue weighted by molar-refractivity contribution is 5.79. The van der Waals surface area contributed by atoms with E-state index in [0.29, 0.717) is 19.0 Å². The van der Waals surface area contributed by atoms with Crippen LogP contribution in [0.1, 0.15) is 36.8 Å². The SMILES string of the molecule is Cc1noc(C)c1CC(=O)NCC(C)N1CCCC1. The van der Waals surface area contributed by atoms with Crippen molar-refractivity contribution >= 4 is 5.91 Å². The molecule has 1 atom stereocenters. The van der Waals surface area contributed by atoms with Crippen LogP contribution in [0.25, 0.3) is 0 Å². The zero-order valence-electron chi connectivity index (χ0n) is 12.0. The fraction of sp³-hybridized carbons (Fsp3) is 0.714. The first-order valence-electron chi connectivity index (χ1n) is 7.00. The number of nitrogens with one attached hydrogen (secondary N) is 1. The van der Waals surface area contributed by atoms with Gasteiger partial charge < -0.3 is 9.84 Å². The molecule has 5 nitrogen and oxygen atoms in total. The third kappa shape index (κ3) is 3.56. The lowest BCUT2D eigenvalue weighted by atomic mass is 10.1. The summed E-state index contributed by atoms with van der Waals surface area (Å²) in [4.78, 5) is 14.4. The van der Waals surface area contributed by atoms with Crippen LogP contribution in [-0.4, -0.2) is 41.6 Å². The van der Waals surface area contributed by atoms with E-state index < -0.39 is 0 Å². The molecule has 1 aromatic rings. The molecule has 1 aromatic heterocycles. The van der Waals surface area contributed by atoms with Gasteiger partial charge in [-0.3, -0.25) is 9.69 Å². The molecule has 0 saturated carbocycles. The third-order valence-corrected chi connectivity index (χ3v) is 3.88. The summed E-state index contributed by atoms with van der Waals surface area (Å²) in [7, 11) is 0. The number of nitrogens with zero attached hydrogens (tertiary/aromatic N) is 2. The standard InChI is InChI=1S/C14H23N3O2/c1-10(17-6-4-5-7-17)9-15-14(18)8-13-11(2)16-19-12(13)3/h10H,4-9H2,1-3H3,(H,15,18). The molecule has 19 heavy (non-hydrogen) atoms. The first kappa shape index (κ1) is 14.1. The van der Waals surface area contributed by atoms with Crippen molar-refractivity contribution in [3.05, 3.63) is 17.0 Å². The lowest BCUT2D eigenvalue weighted by Crippen LogP contribution is -2.41. The van der Waals surface area contributed by atoms with Crippen molar-refractivity contribution in [2.75, 3.05) is 19.6 Å². The van der Waals surface area contributed by atoms with Crippen molar-refractivity contribution in [3.8, 4) is 0 Å². The lowest BCUT2D eigenvalue weighted by molar-refractivity contribution is -0.120. The van der Waals surface area contributed by atoms with Gasteiger partial charge in [0.15, 0.2) is 0 Å². The Hall–Kier alpha value is -1.36. The van der Waals surface area contributed by atoms with Crippen LogP contribution in [-0.2, 0) is 11.2 Å². The lowest BCUT2D eigenvalue weighted by Gasteiger charge is -2.23. The van der Waals surface area contributed by atoms with Crippen LogP contribution in [0.15, 0.2) is 4.52 Å². The number of hydrogen-bond acceptors (Lipinski definition) is 4. The number of rotatable bonds is 5. The quantitative estimate of drug-likeness (QED) is 0.875. The summed E-state index contributed by atoms with van der Waals surface area (Å²) in [6.07, 6.45) is 2.91. The van der Waals surface area contributed by atoms with E-state index in [-0.39, 0.29) is 5.91 Å². The summed E-state index contributed by atoms with van der Waals surface area (Å²) in [5, 5.41) is 6.87. The highest BCUT2D eigenvalue weighted by atomic mass is 16.5. The molecule has 0 bridgehead atoms. The average Bonchev–Trinajstić information content (AvgIpc) is 3.01. The van der Waals surface area contributed by atoms with Gasteiger partial charge in [0.05, 0.1) is 12.1 Å². The topological polar surface area (TPSA) is 58.4 Å². The predicted octanol–water partition coefficient (Wildman–Crippen LogP) is 1.43. The van der Waals surface area contributed by atoms with E-state index in [1.54, 1.807) is 0 Å². The predicted molar refractivity (Wildman–Crippen MR) is 73.0 cm³/mol. The minimum absolute atomic E-state index is 0.0421. The summed E-state index contributed by atoms with van der Waals surface area (Å²) in [6.45, 7) is 8.90. The minimum Gasteiger partial charge on any atom is -0.361 e. The second-order valence-corrected chi connectivity index (χ2v) is 5.38. The van der Waals surface area contributed by atoms with Crippen LogP contribution in [0.3, 0.4) is 0 Å². The van der Waals surface area contributed by atoms with Crippen LogP contribution >= 0.6 is 0 Å². The zero-order valence-corrected chi connectivity index (χ0v) is 12.0. The fourth-order valence-electron chi connectivity index (χ4n) is 2.55. The number of hydrogen-bond donors (Lipinski definition) is 1. The van der Waals surface area contributed by atoms with Gasteiger partial charge in [0, 0.05) is 18.2 Å². The van der Waals surface area contributed by atoms with Crippen LogP contribution in [0.2, 0.25) is 0 Å². The van der Waals surface area contributed by atoms with Crippen molar-refractivity contribution < 1.29 is 9.32 Å². The molecule has 1 aliphatic heterocycles.